The maximum Gasteiger partial charge on any atom is 0.303 e. The first-order valence-electron chi connectivity index (χ1n) is 6.84. The minimum Gasteiger partial charge on any atom is -0.481 e. The van der Waals surface area contributed by atoms with Crippen LogP contribution >= 0.6 is 0 Å². The summed E-state index contributed by atoms with van der Waals surface area (Å²) in [7, 11) is 0. The van der Waals surface area contributed by atoms with Gasteiger partial charge in [0.25, 0.3) is 0 Å². The van der Waals surface area contributed by atoms with Crippen LogP contribution < -0.4 is 4.90 Å². The maximum absolute atomic E-state index is 10.6. The molecule has 0 spiro atoms. The summed E-state index contributed by atoms with van der Waals surface area (Å²) in [4.78, 5) is 21.3. The minimum atomic E-state index is -0.752. The number of carboxylic acids is 1. The number of aliphatic carboxylic acids is 1. The number of nitrogens with zero attached hydrogens (tertiary/aromatic N) is 3. The molecule has 0 saturated carbocycles. The molecule has 1 rings (SSSR count). The Kier molecular flexibility index (Phi) is 6.25. The van der Waals surface area contributed by atoms with Gasteiger partial charge < -0.3 is 10.0 Å². The lowest BCUT2D eigenvalue weighted by Gasteiger charge is -2.27. The van der Waals surface area contributed by atoms with Crippen LogP contribution in [0.4, 0.5) is 5.82 Å². The second-order valence-electron chi connectivity index (χ2n) is 4.90. The SMILES string of the molecule is CCCc1cc(N(CCCC(=O)O)C(C)C)ncn1. The van der Waals surface area contributed by atoms with E-state index in [9.17, 15) is 4.79 Å². The standard InChI is InChI=1S/C14H23N3O2/c1-4-6-12-9-13(16-10-15-12)17(11(2)3)8-5-7-14(18)19/h9-11H,4-8H2,1-3H3,(H,18,19). The molecule has 0 bridgehead atoms. The first kappa shape index (κ1) is 15.4. The molecule has 0 radical (unpaired) electrons. The lowest BCUT2D eigenvalue weighted by atomic mass is 10.2. The van der Waals surface area contributed by atoms with Crippen molar-refractivity contribution in [3.8, 4) is 0 Å². The molecule has 0 atom stereocenters. The van der Waals surface area contributed by atoms with E-state index in [0.717, 1.165) is 24.4 Å². The molecular weight excluding hydrogens is 242 g/mol. The molecule has 1 aromatic heterocycles. The summed E-state index contributed by atoms with van der Waals surface area (Å²) in [6.07, 6.45) is 4.40. The molecule has 0 aliphatic rings. The van der Waals surface area contributed by atoms with E-state index in [1.54, 1.807) is 6.33 Å². The van der Waals surface area contributed by atoms with Gasteiger partial charge in [-0.3, -0.25) is 4.79 Å². The van der Waals surface area contributed by atoms with Crippen molar-refractivity contribution in [3.63, 3.8) is 0 Å². The van der Waals surface area contributed by atoms with Crippen molar-refractivity contribution in [1.29, 1.82) is 0 Å². The van der Waals surface area contributed by atoms with Gasteiger partial charge in [0.05, 0.1) is 0 Å². The van der Waals surface area contributed by atoms with E-state index in [1.807, 2.05) is 6.07 Å². The highest BCUT2D eigenvalue weighted by atomic mass is 16.4. The monoisotopic (exact) mass is 265 g/mol. The van der Waals surface area contributed by atoms with Crippen molar-refractivity contribution in [2.45, 2.75) is 52.5 Å². The van der Waals surface area contributed by atoms with Crippen LogP contribution in [-0.2, 0) is 11.2 Å². The molecule has 0 aliphatic heterocycles. The number of hydrogen-bond acceptors (Lipinski definition) is 4. The molecule has 1 aromatic rings. The first-order chi connectivity index (χ1) is 9.04. The van der Waals surface area contributed by atoms with Crippen LogP contribution in [0.15, 0.2) is 12.4 Å². The topological polar surface area (TPSA) is 66.3 Å². The predicted octanol–water partition coefficient (Wildman–Crippen LogP) is 2.51. The largest absolute Gasteiger partial charge is 0.481 e. The van der Waals surface area contributed by atoms with Crippen LogP contribution in [0, 0.1) is 0 Å². The molecule has 0 fully saturated rings. The van der Waals surface area contributed by atoms with Crippen LogP contribution in [0.3, 0.4) is 0 Å². The second kappa shape index (κ2) is 7.71. The Morgan fingerprint density at radius 3 is 2.74 bits per heavy atom. The molecule has 1 N–H and O–H groups in total. The number of carbonyl (C=O) groups is 1. The van der Waals surface area contributed by atoms with Crippen molar-refractivity contribution in [3.05, 3.63) is 18.1 Å². The average Bonchev–Trinajstić information content (AvgIpc) is 2.34. The number of aryl methyl sites for hydroxylation is 1. The van der Waals surface area contributed by atoms with E-state index in [0.29, 0.717) is 13.0 Å². The summed E-state index contributed by atoms with van der Waals surface area (Å²) >= 11 is 0. The fourth-order valence-electron chi connectivity index (χ4n) is 1.97. The fourth-order valence-corrected chi connectivity index (χ4v) is 1.97. The molecule has 5 heteroatoms. The van der Waals surface area contributed by atoms with E-state index < -0.39 is 5.97 Å². The van der Waals surface area contributed by atoms with E-state index in [-0.39, 0.29) is 12.5 Å². The van der Waals surface area contributed by atoms with Gasteiger partial charge in [0.2, 0.25) is 0 Å². The summed E-state index contributed by atoms with van der Waals surface area (Å²) in [6, 6.07) is 2.29. The van der Waals surface area contributed by atoms with Crippen molar-refractivity contribution in [2.75, 3.05) is 11.4 Å². The Morgan fingerprint density at radius 2 is 2.16 bits per heavy atom. The molecule has 0 saturated heterocycles. The van der Waals surface area contributed by atoms with Gasteiger partial charge >= 0.3 is 5.97 Å². The summed E-state index contributed by atoms with van der Waals surface area (Å²) in [5, 5.41) is 8.71. The Hall–Kier alpha value is -1.65. The summed E-state index contributed by atoms with van der Waals surface area (Å²) in [5.41, 5.74) is 1.04. The van der Waals surface area contributed by atoms with Crippen molar-refractivity contribution in [2.24, 2.45) is 0 Å². The van der Waals surface area contributed by atoms with E-state index in [2.05, 4.69) is 35.6 Å². The molecular formula is C14H23N3O2. The number of carboxylic acid groups (broad SMARTS) is 1. The minimum absolute atomic E-state index is 0.191. The average molecular weight is 265 g/mol. The zero-order chi connectivity index (χ0) is 14.3. The fraction of sp³-hybridized carbons (Fsp3) is 0.643. The third kappa shape index (κ3) is 5.24. The molecule has 0 aromatic carbocycles. The molecule has 5 nitrogen and oxygen atoms in total. The first-order valence-corrected chi connectivity index (χ1v) is 6.84. The Bertz CT molecular complexity index is 407. The number of aromatic nitrogens is 2. The van der Waals surface area contributed by atoms with E-state index in [4.69, 9.17) is 5.11 Å². The summed E-state index contributed by atoms with van der Waals surface area (Å²) < 4.78 is 0. The molecule has 0 aliphatic carbocycles. The van der Waals surface area contributed by atoms with Gasteiger partial charge in [-0.25, -0.2) is 9.97 Å². The smallest absolute Gasteiger partial charge is 0.303 e. The Labute approximate surface area is 114 Å². The Balaban J connectivity index is 2.74. The van der Waals surface area contributed by atoms with Crippen molar-refractivity contribution < 1.29 is 9.90 Å². The molecule has 19 heavy (non-hydrogen) atoms. The molecule has 106 valence electrons. The van der Waals surface area contributed by atoms with Crippen molar-refractivity contribution >= 4 is 11.8 Å². The van der Waals surface area contributed by atoms with Crippen LogP contribution in [0.1, 0.15) is 45.7 Å². The van der Waals surface area contributed by atoms with Crippen LogP contribution in [0.25, 0.3) is 0 Å². The summed E-state index contributed by atoms with van der Waals surface area (Å²) in [6.45, 7) is 6.99. The normalized spacial score (nSPS) is 10.7. The van der Waals surface area contributed by atoms with Gasteiger partial charge in [-0.2, -0.15) is 0 Å². The van der Waals surface area contributed by atoms with Gasteiger partial charge in [0.1, 0.15) is 12.1 Å². The highest BCUT2D eigenvalue weighted by molar-refractivity contribution is 5.66. The van der Waals surface area contributed by atoms with Gasteiger partial charge in [0, 0.05) is 30.8 Å². The number of rotatable bonds is 8. The second-order valence-corrected chi connectivity index (χ2v) is 4.90. The van der Waals surface area contributed by atoms with Gasteiger partial charge in [-0.1, -0.05) is 13.3 Å². The predicted molar refractivity (Wildman–Crippen MR) is 75.4 cm³/mol. The summed E-state index contributed by atoms with van der Waals surface area (Å²) in [5.74, 6) is 0.136. The Morgan fingerprint density at radius 1 is 1.42 bits per heavy atom. The quantitative estimate of drug-likeness (QED) is 0.782. The van der Waals surface area contributed by atoms with Gasteiger partial charge in [-0.05, 0) is 26.7 Å². The van der Waals surface area contributed by atoms with Crippen LogP contribution in [0.2, 0.25) is 0 Å². The lowest BCUT2D eigenvalue weighted by Crippen LogP contribution is -2.33. The molecule has 1 heterocycles. The van der Waals surface area contributed by atoms with Crippen LogP contribution in [-0.4, -0.2) is 33.6 Å². The zero-order valence-electron chi connectivity index (χ0n) is 12.0. The highest BCUT2D eigenvalue weighted by Crippen LogP contribution is 2.16. The third-order valence-corrected chi connectivity index (χ3v) is 2.92. The third-order valence-electron chi connectivity index (χ3n) is 2.92. The van der Waals surface area contributed by atoms with Crippen molar-refractivity contribution in [1.82, 2.24) is 9.97 Å². The molecule has 0 unspecified atom stereocenters. The number of anilines is 1. The van der Waals surface area contributed by atoms with E-state index in [1.165, 1.54) is 0 Å². The number of hydrogen-bond donors (Lipinski definition) is 1. The zero-order valence-corrected chi connectivity index (χ0v) is 12.0. The lowest BCUT2D eigenvalue weighted by molar-refractivity contribution is -0.137. The van der Waals surface area contributed by atoms with Crippen LogP contribution in [0.5, 0.6) is 0 Å². The van der Waals surface area contributed by atoms with E-state index >= 15 is 0 Å². The highest BCUT2D eigenvalue weighted by Gasteiger charge is 2.13. The maximum atomic E-state index is 10.6. The molecule has 0 amide bonds. The van der Waals surface area contributed by atoms with Gasteiger partial charge in [-0.15, -0.1) is 0 Å². The van der Waals surface area contributed by atoms with Gasteiger partial charge in [0.15, 0.2) is 0 Å².